The monoisotopic (exact) mass is 737 g/mol. The van der Waals surface area contributed by atoms with Crippen LogP contribution in [0.3, 0.4) is 0 Å². The highest BCUT2D eigenvalue weighted by Gasteiger charge is 2.40. The van der Waals surface area contributed by atoms with Gasteiger partial charge in [-0.1, -0.05) is 32.1 Å². The van der Waals surface area contributed by atoms with E-state index < -0.39 is 17.8 Å². The van der Waals surface area contributed by atoms with Crippen molar-refractivity contribution in [1.29, 1.82) is 0 Å². The molecular formula is C36H44FN7O5S2. The Kier molecular flexibility index (Phi) is 10.3. The third-order valence-electron chi connectivity index (χ3n) is 10.4. The number of fused-ring (bicyclic) bond motifs is 1. The second-order valence-corrected chi connectivity index (χ2v) is 17.3. The molecule has 6 heterocycles. The van der Waals surface area contributed by atoms with E-state index in [0.29, 0.717) is 40.5 Å². The average Bonchev–Trinajstić information content (AvgIpc) is 3.84. The van der Waals surface area contributed by atoms with Crippen molar-refractivity contribution >= 4 is 51.9 Å². The smallest absolute Gasteiger partial charge is 0.255 e. The number of thioether (sulfide) groups is 1. The molecule has 15 heteroatoms. The van der Waals surface area contributed by atoms with Crippen molar-refractivity contribution in [3.05, 3.63) is 58.7 Å². The number of thiazole rings is 1. The van der Waals surface area contributed by atoms with Gasteiger partial charge in [-0.25, -0.2) is 14.4 Å². The summed E-state index contributed by atoms with van der Waals surface area (Å²) in [5.41, 5.74) is 1.47. The van der Waals surface area contributed by atoms with Gasteiger partial charge in [-0.05, 0) is 76.0 Å². The Balaban J connectivity index is 0.841. The van der Waals surface area contributed by atoms with E-state index >= 15 is 4.39 Å². The molecule has 4 amide bonds. The summed E-state index contributed by atoms with van der Waals surface area (Å²) in [6.07, 6.45) is 7.56. The van der Waals surface area contributed by atoms with Crippen LogP contribution in [-0.4, -0.2) is 86.6 Å². The molecule has 2 N–H and O–H groups in total. The molecule has 0 bridgehead atoms. The summed E-state index contributed by atoms with van der Waals surface area (Å²) >= 11 is 3.06. The Bertz CT molecular complexity index is 1810. The first kappa shape index (κ1) is 35.7. The van der Waals surface area contributed by atoms with Crippen LogP contribution >= 0.6 is 23.1 Å². The number of hydrogen-bond donors (Lipinski definition) is 2. The maximum Gasteiger partial charge on any atom is 0.255 e. The van der Waals surface area contributed by atoms with Crippen molar-refractivity contribution < 1.29 is 28.0 Å². The van der Waals surface area contributed by atoms with Gasteiger partial charge in [0.1, 0.15) is 17.6 Å². The highest BCUT2D eigenvalue weighted by molar-refractivity contribution is 8.00. The second-order valence-electron chi connectivity index (χ2n) is 14.9. The molecule has 272 valence electrons. The molecule has 51 heavy (non-hydrogen) atoms. The summed E-state index contributed by atoms with van der Waals surface area (Å²) in [5, 5.41) is 5.95. The van der Waals surface area contributed by atoms with Crippen molar-refractivity contribution in [2.24, 2.45) is 5.92 Å². The Labute approximate surface area is 304 Å². The fraction of sp³-hybridized carbons (Fsp3) is 0.556. The number of rotatable bonds is 9. The number of aromatic nitrogens is 2. The molecule has 4 aliphatic rings. The Morgan fingerprint density at radius 2 is 1.82 bits per heavy atom. The number of halogens is 1. The van der Waals surface area contributed by atoms with Gasteiger partial charge in [0.25, 0.3) is 5.91 Å². The van der Waals surface area contributed by atoms with Crippen LogP contribution < -0.4 is 10.6 Å². The maximum atomic E-state index is 15.2. The fourth-order valence-corrected chi connectivity index (χ4v) is 9.15. The van der Waals surface area contributed by atoms with Gasteiger partial charge in [0.2, 0.25) is 23.6 Å². The Morgan fingerprint density at radius 1 is 1.06 bits per heavy atom. The molecule has 0 radical (unpaired) electrons. The quantitative estimate of drug-likeness (QED) is 0.229. The van der Waals surface area contributed by atoms with Gasteiger partial charge in [0.05, 0.1) is 22.4 Å². The lowest BCUT2D eigenvalue weighted by atomic mass is 9.92. The Morgan fingerprint density at radius 3 is 2.53 bits per heavy atom. The normalized spacial score (nSPS) is 21.3. The van der Waals surface area contributed by atoms with E-state index in [9.17, 15) is 19.2 Å². The number of piperidine rings is 3. The van der Waals surface area contributed by atoms with Crippen molar-refractivity contribution in [3.63, 3.8) is 0 Å². The number of benzene rings is 1. The number of nitrogens with one attached hydrogen (secondary N) is 2. The molecule has 12 nitrogen and oxygen atoms in total. The molecule has 1 atom stereocenters. The number of amides is 4. The minimum atomic E-state index is -0.720. The van der Waals surface area contributed by atoms with Crippen molar-refractivity contribution in [2.45, 2.75) is 99.8 Å². The molecule has 3 fully saturated rings. The Hall–Kier alpha value is -3.66. The highest BCUT2D eigenvalue weighted by Crippen LogP contribution is 2.34. The minimum Gasteiger partial charge on any atom is -0.444 e. The van der Waals surface area contributed by atoms with Gasteiger partial charge in [-0.3, -0.25) is 29.4 Å². The number of likely N-dealkylation sites (tertiary alicyclic amines) is 2. The van der Waals surface area contributed by atoms with E-state index in [-0.39, 0.29) is 48.4 Å². The molecule has 1 aromatic carbocycles. The van der Waals surface area contributed by atoms with Crippen LogP contribution in [0.25, 0.3) is 0 Å². The number of carbonyl (C=O) groups is 4. The van der Waals surface area contributed by atoms with Crippen LogP contribution in [0, 0.1) is 11.7 Å². The predicted molar refractivity (Wildman–Crippen MR) is 191 cm³/mol. The molecule has 3 saturated heterocycles. The van der Waals surface area contributed by atoms with E-state index in [2.05, 4.69) is 51.2 Å². The number of hydrogen-bond acceptors (Lipinski definition) is 11. The van der Waals surface area contributed by atoms with Crippen LogP contribution in [-0.2, 0) is 38.6 Å². The lowest BCUT2D eigenvalue weighted by Crippen LogP contribution is -2.52. The second kappa shape index (κ2) is 14.8. The SMILES string of the molecule is CC(C)(C)c1cnc(CSc2cnc(NC(=O)C3CCN(C4CCN(Cc5cc6c(cc5F)C(=O)N(C5CCC(=O)NC5=O)C6)CC4)CC3)s2)o1. The summed E-state index contributed by atoms with van der Waals surface area (Å²) in [6.45, 7) is 10.4. The highest BCUT2D eigenvalue weighted by atomic mass is 32.2. The number of oxazole rings is 1. The van der Waals surface area contributed by atoms with E-state index in [0.717, 1.165) is 67.4 Å². The molecule has 0 spiro atoms. The molecular weight excluding hydrogens is 694 g/mol. The number of imide groups is 1. The van der Waals surface area contributed by atoms with Crippen LogP contribution in [0.1, 0.15) is 92.4 Å². The van der Waals surface area contributed by atoms with E-state index in [1.807, 2.05) is 0 Å². The van der Waals surface area contributed by atoms with Gasteiger partial charge in [-0.2, -0.15) is 0 Å². The summed E-state index contributed by atoms with van der Waals surface area (Å²) in [5.74, 6) is 0.518. The van der Waals surface area contributed by atoms with Crippen molar-refractivity contribution in [2.75, 3.05) is 31.5 Å². The fourth-order valence-electron chi connectivity index (χ4n) is 7.42. The summed E-state index contributed by atoms with van der Waals surface area (Å²) in [6, 6.07) is 2.78. The molecule has 4 aliphatic heterocycles. The van der Waals surface area contributed by atoms with Crippen LogP contribution in [0.2, 0.25) is 0 Å². The van der Waals surface area contributed by atoms with Crippen molar-refractivity contribution in [1.82, 2.24) is 30.0 Å². The molecule has 0 aliphatic carbocycles. The van der Waals surface area contributed by atoms with Crippen LogP contribution in [0.4, 0.5) is 9.52 Å². The van der Waals surface area contributed by atoms with Gasteiger partial charge in [0, 0.05) is 48.0 Å². The van der Waals surface area contributed by atoms with Gasteiger partial charge < -0.3 is 19.5 Å². The summed E-state index contributed by atoms with van der Waals surface area (Å²) in [4.78, 5) is 65.1. The van der Waals surface area contributed by atoms with E-state index in [1.165, 1.54) is 22.3 Å². The maximum absolute atomic E-state index is 15.2. The zero-order chi connectivity index (χ0) is 35.9. The number of anilines is 1. The lowest BCUT2D eigenvalue weighted by molar-refractivity contribution is -0.137. The zero-order valence-electron chi connectivity index (χ0n) is 29.2. The van der Waals surface area contributed by atoms with E-state index in [4.69, 9.17) is 4.42 Å². The average molecular weight is 738 g/mol. The van der Waals surface area contributed by atoms with E-state index in [1.54, 1.807) is 30.2 Å². The third kappa shape index (κ3) is 8.06. The van der Waals surface area contributed by atoms with Gasteiger partial charge in [-0.15, -0.1) is 11.8 Å². The lowest BCUT2D eigenvalue weighted by Gasteiger charge is -2.41. The predicted octanol–water partition coefficient (Wildman–Crippen LogP) is 4.94. The standard InChI is InChI=1S/C36H44FN7O5S2/c1-36(2,3)28-16-38-30(49-28)20-50-31-17-39-35(51-31)41-32(46)21-6-12-43(13-7-21)24-8-10-42(11-9-24)18-23-14-22-19-44(34(48)25(22)15-26(23)37)27-4-5-29(45)40-33(27)47/h14-17,21,24,27H,4-13,18-20H2,1-3H3,(H,39,41,46)(H,40,45,47). The minimum absolute atomic E-state index is 0.0243. The first-order valence-electron chi connectivity index (χ1n) is 17.7. The first-order valence-corrected chi connectivity index (χ1v) is 19.5. The number of carbonyl (C=O) groups excluding carboxylic acids is 4. The summed E-state index contributed by atoms with van der Waals surface area (Å²) in [7, 11) is 0. The number of nitrogens with zero attached hydrogens (tertiary/aromatic N) is 5. The molecule has 2 aromatic heterocycles. The zero-order valence-corrected chi connectivity index (χ0v) is 30.8. The largest absolute Gasteiger partial charge is 0.444 e. The van der Waals surface area contributed by atoms with Crippen molar-refractivity contribution in [3.8, 4) is 0 Å². The molecule has 7 rings (SSSR count). The molecule has 1 unspecified atom stereocenters. The van der Waals surface area contributed by atoms with Gasteiger partial charge in [0.15, 0.2) is 5.13 Å². The molecule has 0 saturated carbocycles. The van der Waals surface area contributed by atoms with Gasteiger partial charge >= 0.3 is 0 Å². The molecule has 3 aromatic rings. The third-order valence-corrected chi connectivity index (χ3v) is 12.5. The van der Waals surface area contributed by atoms with Crippen LogP contribution in [0.5, 0.6) is 0 Å². The summed E-state index contributed by atoms with van der Waals surface area (Å²) < 4.78 is 22.1. The van der Waals surface area contributed by atoms with Crippen LogP contribution in [0.15, 0.2) is 33.2 Å². The first-order chi connectivity index (χ1) is 24.4. The topological polar surface area (TPSA) is 141 Å².